The summed E-state index contributed by atoms with van der Waals surface area (Å²) in [5.74, 6) is -0.0618. The minimum atomic E-state index is -0.908. The Kier molecular flexibility index (Phi) is 17.9. The fraction of sp³-hybridized carbons (Fsp3) is 0.340. The van der Waals surface area contributed by atoms with Gasteiger partial charge in [-0.05, 0) is 174 Å². The number of likely N-dealkylation sites (N-methyl/N-ethyl adjacent to an activating group) is 1. The van der Waals surface area contributed by atoms with E-state index in [4.69, 9.17) is 29.5 Å². The minimum Gasteiger partial charge on any atom is -0.494 e. The largest absolute Gasteiger partial charge is 0.494 e. The van der Waals surface area contributed by atoms with E-state index in [0.29, 0.717) is 85.1 Å². The summed E-state index contributed by atoms with van der Waals surface area (Å²) in [5, 5.41) is 26.5. The highest BCUT2D eigenvalue weighted by Gasteiger charge is 2.43. The molecule has 1 unspecified atom stereocenters. The van der Waals surface area contributed by atoms with E-state index in [-0.39, 0.29) is 18.5 Å². The van der Waals surface area contributed by atoms with Gasteiger partial charge in [-0.25, -0.2) is 4.79 Å². The standard InChI is InChI=1S/C53H57N5O7/c1-6-53(5,38-52(3,4)50(60)64-35-32-58(7-2)46-26-24-45(25-27-46)57-56-44-22-14-40(37-55)15-23-44)51(61)63-34-11-9-8-10-33-62-47-28-20-43(21-29-47)49(59)65-48-30-18-42(19-31-48)41-16-12-39(36-54)13-17-41/h12-31H,6-11,32-35,38H2,1-5H3/b57-56+. The normalized spacial score (nSPS) is 12.0. The number of ether oxygens (including phenoxy) is 4. The molecule has 0 N–H and O–H groups in total. The Bertz CT molecular complexity index is 2440. The molecule has 65 heavy (non-hydrogen) atoms. The second-order valence-corrected chi connectivity index (χ2v) is 16.6. The maximum Gasteiger partial charge on any atom is 0.343 e. The summed E-state index contributed by atoms with van der Waals surface area (Å²) in [6.07, 6.45) is 4.09. The third-order valence-corrected chi connectivity index (χ3v) is 11.2. The molecule has 12 nitrogen and oxygen atoms in total. The summed E-state index contributed by atoms with van der Waals surface area (Å²) in [6.45, 7) is 11.6. The lowest BCUT2D eigenvalue weighted by molar-refractivity contribution is -0.163. The number of hydrogen-bond acceptors (Lipinski definition) is 12. The van der Waals surface area contributed by atoms with E-state index < -0.39 is 16.8 Å². The summed E-state index contributed by atoms with van der Waals surface area (Å²) >= 11 is 0. The van der Waals surface area contributed by atoms with E-state index in [1.807, 2.05) is 83.1 Å². The first-order valence-corrected chi connectivity index (χ1v) is 22.0. The quantitative estimate of drug-likeness (QED) is 0.0267. The van der Waals surface area contributed by atoms with Crippen molar-refractivity contribution in [1.82, 2.24) is 0 Å². The molecule has 5 rings (SSSR count). The molecule has 0 fully saturated rings. The lowest BCUT2D eigenvalue weighted by Gasteiger charge is -2.34. The van der Waals surface area contributed by atoms with Crippen molar-refractivity contribution >= 4 is 35.0 Å². The molecule has 336 valence electrons. The molecule has 0 spiro atoms. The summed E-state index contributed by atoms with van der Waals surface area (Å²) in [4.78, 5) is 41.5. The second-order valence-electron chi connectivity index (χ2n) is 16.6. The average Bonchev–Trinajstić information content (AvgIpc) is 3.33. The fourth-order valence-electron chi connectivity index (χ4n) is 7.14. The maximum atomic E-state index is 13.3. The van der Waals surface area contributed by atoms with Crippen molar-refractivity contribution in [1.29, 1.82) is 10.5 Å². The molecule has 0 saturated heterocycles. The molecular formula is C53H57N5O7. The van der Waals surface area contributed by atoms with Gasteiger partial charge in [-0.2, -0.15) is 20.8 Å². The van der Waals surface area contributed by atoms with Crippen molar-refractivity contribution in [2.24, 2.45) is 21.1 Å². The molecule has 0 aromatic heterocycles. The molecule has 5 aromatic rings. The van der Waals surface area contributed by atoms with E-state index in [1.54, 1.807) is 72.8 Å². The van der Waals surface area contributed by atoms with Crippen molar-refractivity contribution in [2.45, 2.75) is 73.1 Å². The molecule has 0 radical (unpaired) electrons. The number of carbonyl (C=O) groups excluding carboxylic acids is 3. The van der Waals surface area contributed by atoms with Gasteiger partial charge in [0.1, 0.15) is 18.1 Å². The first-order chi connectivity index (χ1) is 31.4. The molecule has 0 saturated carbocycles. The van der Waals surface area contributed by atoms with Crippen LogP contribution in [0.25, 0.3) is 11.1 Å². The van der Waals surface area contributed by atoms with Crippen molar-refractivity contribution in [3.63, 3.8) is 0 Å². The third kappa shape index (κ3) is 14.6. The average molecular weight is 876 g/mol. The topological polar surface area (TPSA) is 164 Å². The van der Waals surface area contributed by atoms with Crippen LogP contribution in [0.15, 0.2) is 132 Å². The number of carbonyl (C=O) groups is 3. The van der Waals surface area contributed by atoms with Crippen LogP contribution in [0.3, 0.4) is 0 Å². The van der Waals surface area contributed by atoms with E-state index in [1.165, 1.54) is 0 Å². The van der Waals surface area contributed by atoms with Crippen LogP contribution >= 0.6 is 0 Å². The number of esters is 3. The first-order valence-electron chi connectivity index (χ1n) is 22.0. The van der Waals surface area contributed by atoms with E-state index >= 15 is 0 Å². The number of hydrogen-bond donors (Lipinski definition) is 0. The van der Waals surface area contributed by atoms with Gasteiger partial charge in [-0.15, -0.1) is 0 Å². The highest BCUT2D eigenvalue weighted by molar-refractivity contribution is 5.91. The zero-order valence-corrected chi connectivity index (χ0v) is 37.9. The SMILES string of the molecule is CCN(CCOC(=O)C(C)(C)CC(C)(CC)C(=O)OCCCCCCOc1ccc(C(=O)Oc2ccc(-c3ccc(C#N)cc3)cc2)cc1)c1ccc(/N=N/c2ccc(C#N)cc2)cc1. The number of azo groups is 1. The maximum absolute atomic E-state index is 13.3. The van der Waals surface area contributed by atoms with Crippen molar-refractivity contribution in [3.05, 3.63) is 138 Å². The predicted octanol–water partition coefficient (Wildman–Crippen LogP) is 12.1. The van der Waals surface area contributed by atoms with Crippen LogP contribution in [0.1, 0.15) is 94.6 Å². The Balaban J connectivity index is 0.950. The number of rotatable bonds is 23. The summed E-state index contributed by atoms with van der Waals surface area (Å²) in [5.41, 5.74) is 4.02. The molecule has 0 aliphatic carbocycles. The lowest BCUT2D eigenvalue weighted by Crippen LogP contribution is -2.39. The minimum absolute atomic E-state index is 0.193. The van der Waals surface area contributed by atoms with E-state index in [9.17, 15) is 14.4 Å². The molecule has 0 aliphatic heterocycles. The number of benzene rings is 5. The van der Waals surface area contributed by atoms with Crippen LogP contribution in [0.2, 0.25) is 0 Å². The Hall–Kier alpha value is -7.31. The Morgan fingerprint density at radius 3 is 1.66 bits per heavy atom. The monoisotopic (exact) mass is 875 g/mol. The summed E-state index contributed by atoms with van der Waals surface area (Å²) < 4.78 is 22.9. The second kappa shape index (κ2) is 23.9. The lowest BCUT2D eigenvalue weighted by atomic mass is 9.72. The van der Waals surface area contributed by atoms with Crippen molar-refractivity contribution in [3.8, 4) is 34.8 Å². The van der Waals surface area contributed by atoms with Gasteiger partial charge in [0, 0.05) is 12.2 Å². The smallest absolute Gasteiger partial charge is 0.343 e. The first kappa shape index (κ1) is 48.7. The van der Waals surface area contributed by atoms with Gasteiger partial charge >= 0.3 is 17.9 Å². The molecule has 0 amide bonds. The summed E-state index contributed by atoms with van der Waals surface area (Å²) in [6, 6.07) is 40.0. The van der Waals surface area contributed by atoms with Gasteiger partial charge in [0.15, 0.2) is 0 Å². The van der Waals surface area contributed by atoms with Crippen LogP contribution in [-0.4, -0.2) is 50.8 Å². The molecule has 0 aliphatic rings. The highest BCUT2D eigenvalue weighted by atomic mass is 16.5. The number of nitrogens with zero attached hydrogens (tertiary/aromatic N) is 5. The molecule has 12 heteroatoms. The van der Waals surface area contributed by atoms with Crippen molar-refractivity contribution in [2.75, 3.05) is 37.8 Å². The Morgan fingerprint density at radius 2 is 1.11 bits per heavy atom. The van der Waals surface area contributed by atoms with Crippen LogP contribution < -0.4 is 14.4 Å². The molecular weight excluding hydrogens is 819 g/mol. The van der Waals surface area contributed by atoms with Crippen LogP contribution in [-0.2, 0) is 19.1 Å². The zero-order valence-electron chi connectivity index (χ0n) is 37.9. The zero-order chi connectivity index (χ0) is 46.7. The van der Waals surface area contributed by atoms with Crippen molar-refractivity contribution < 1.29 is 33.3 Å². The Labute approximate surface area is 382 Å². The van der Waals surface area contributed by atoms with Gasteiger partial charge in [-0.3, -0.25) is 9.59 Å². The van der Waals surface area contributed by atoms with E-state index in [2.05, 4.69) is 27.3 Å². The number of unbranched alkanes of at least 4 members (excludes halogenated alkanes) is 3. The van der Waals surface area contributed by atoms with Gasteiger partial charge < -0.3 is 23.8 Å². The van der Waals surface area contributed by atoms with Crippen LogP contribution in [0.4, 0.5) is 17.1 Å². The molecule has 1 atom stereocenters. The molecule has 5 aromatic carbocycles. The summed E-state index contributed by atoms with van der Waals surface area (Å²) in [7, 11) is 0. The predicted molar refractivity (Wildman–Crippen MR) is 250 cm³/mol. The van der Waals surface area contributed by atoms with Crippen LogP contribution in [0.5, 0.6) is 11.5 Å². The van der Waals surface area contributed by atoms with Gasteiger partial charge in [0.05, 0.1) is 70.8 Å². The fourth-order valence-corrected chi connectivity index (χ4v) is 7.14. The Morgan fingerprint density at radius 1 is 0.600 bits per heavy atom. The van der Waals surface area contributed by atoms with Crippen LogP contribution in [0, 0.1) is 33.5 Å². The highest BCUT2D eigenvalue weighted by Crippen LogP contribution is 2.39. The molecule has 0 heterocycles. The van der Waals surface area contributed by atoms with E-state index in [0.717, 1.165) is 36.1 Å². The number of nitriles is 2. The number of anilines is 1. The molecule has 0 bridgehead atoms. The van der Waals surface area contributed by atoms with Gasteiger partial charge in [-0.1, -0.05) is 31.2 Å². The third-order valence-electron chi connectivity index (χ3n) is 11.2. The van der Waals surface area contributed by atoms with Gasteiger partial charge in [0.2, 0.25) is 0 Å². The van der Waals surface area contributed by atoms with Gasteiger partial charge in [0.25, 0.3) is 0 Å².